The number of ether oxygens (including phenoxy) is 3. The highest BCUT2D eigenvalue weighted by Crippen LogP contribution is 2.43. The monoisotopic (exact) mass is 709 g/mol. The summed E-state index contributed by atoms with van der Waals surface area (Å²) in [5, 5.41) is 3.76. The molecule has 1 unspecified atom stereocenters. The summed E-state index contributed by atoms with van der Waals surface area (Å²) >= 11 is 0. The van der Waals surface area contributed by atoms with E-state index in [9.17, 15) is 9.18 Å². The van der Waals surface area contributed by atoms with Crippen LogP contribution in [0.4, 0.5) is 10.3 Å². The van der Waals surface area contributed by atoms with Crippen LogP contribution in [0.2, 0.25) is 0 Å². The second-order valence-corrected chi connectivity index (χ2v) is 14.1. The van der Waals surface area contributed by atoms with Gasteiger partial charge in [-0.05, 0) is 98.7 Å². The normalized spacial score (nSPS) is 18.3. The number of halogens is 1. The van der Waals surface area contributed by atoms with Crippen LogP contribution in [0.1, 0.15) is 48.8 Å². The summed E-state index contributed by atoms with van der Waals surface area (Å²) in [6.07, 6.45) is 8.53. The van der Waals surface area contributed by atoms with E-state index in [4.69, 9.17) is 23.6 Å². The van der Waals surface area contributed by atoms with Gasteiger partial charge in [0.1, 0.15) is 5.82 Å². The number of benzene rings is 3. The van der Waals surface area contributed by atoms with E-state index in [0.717, 1.165) is 85.4 Å². The standard InChI is InChI=1S/C41H48FN5O5/c1-49-36-23-31(24-37(50-2)38(36)51-3)26-46-21-17-41(39(46)48,25-29-9-11-32(42)12-10-29)16-6-18-45-19-13-33(14-20-45)43-40-44-34-7-4-5-8-35(34)47(40)27-30-15-22-52-28-30/h4-5,7-12,15,22-24,28,33H,6,13-14,16-21,25-27H2,1-3H3,(H,43,44). The highest BCUT2D eigenvalue weighted by atomic mass is 19.1. The van der Waals surface area contributed by atoms with Crippen LogP contribution in [-0.4, -0.2) is 78.8 Å². The first-order valence-corrected chi connectivity index (χ1v) is 18.2. The van der Waals surface area contributed by atoms with Gasteiger partial charge in [-0.1, -0.05) is 24.3 Å². The average molecular weight is 710 g/mol. The van der Waals surface area contributed by atoms with Gasteiger partial charge in [0, 0.05) is 37.8 Å². The van der Waals surface area contributed by atoms with E-state index in [1.54, 1.807) is 33.9 Å². The average Bonchev–Trinajstić information content (AvgIpc) is 3.89. The van der Waals surface area contributed by atoms with Crippen molar-refractivity contribution in [3.63, 3.8) is 0 Å². The summed E-state index contributed by atoms with van der Waals surface area (Å²) < 4.78 is 38.0. The number of amides is 1. The highest BCUT2D eigenvalue weighted by Gasteiger charge is 2.46. The summed E-state index contributed by atoms with van der Waals surface area (Å²) in [7, 11) is 4.77. The Hall–Kier alpha value is -5.03. The summed E-state index contributed by atoms with van der Waals surface area (Å²) in [6.45, 7) is 4.67. The predicted molar refractivity (Wildman–Crippen MR) is 199 cm³/mol. The molecular formula is C41H48FN5O5. The van der Waals surface area contributed by atoms with Crippen LogP contribution < -0.4 is 19.5 Å². The van der Waals surface area contributed by atoms with Crippen molar-refractivity contribution in [2.75, 3.05) is 52.8 Å². The maximum Gasteiger partial charge on any atom is 0.229 e. The van der Waals surface area contributed by atoms with Crippen LogP contribution in [-0.2, 0) is 24.3 Å². The molecular weight excluding hydrogens is 661 g/mol. The first kappa shape index (κ1) is 35.4. The molecule has 0 aliphatic carbocycles. The van der Waals surface area contributed by atoms with E-state index in [1.807, 2.05) is 47.4 Å². The maximum absolute atomic E-state index is 14.4. The Balaban J connectivity index is 0.987. The van der Waals surface area contributed by atoms with Crippen LogP contribution >= 0.6 is 0 Å². The van der Waals surface area contributed by atoms with Crippen molar-refractivity contribution < 1.29 is 27.8 Å². The van der Waals surface area contributed by atoms with E-state index in [0.29, 0.717) is 49.3 Å². The minimum absolute atomic E-state index is 0.145. The lowest BCUT2D eigenvalue weighted by Crippen LogP contribution is -2.41. The molecule has 10 nitrogen and oxygen atoms in total. The van der Waals surface area contributed by atoms with Gasteiger partial charge in [-0.3, -0.25) is 4.79 Å². The topological polar surface area (TPSA) is 94.2 Å². The number of carbonyl (C=O) groups is 1. The molecule has 0 radical (unpaired) electrons. The fourth-order valence-corrected chi connectivity index (χ4v) is 8.00. The molecule has 1 amide bonds. The van der Waals surface area contributed by atoms with E-state index >= 15 is 0 Å². The van der Waals surface area contributed by atoms with E-state index < -0.39 is 5.41 Å². The first-order chi connectivity index (χ1) is 25.4. The smallest absolute Gasteiger partial charge is 0.229 e. The quantitative estimate of drug-likeness (QED) is 0.122. The number of fused-ring (bicyclic) bond motifs is 1. The number of hydrogen-bond donors (Lipinski definition) is 1. The molecule has 0 spiro atoms. The maximum atomic E-state index is 14.4. The zero-order valence-electron chi connectivity index (χ0n) is 30.3. The van der Waals surface area contributed by atoms with Gasteiger partial charge in [0.05, 0.1) is 56.8 Å². The molecule has 4 heterocycles. The molecule has 1 atom stereocenters. The number of aromatic nitrogens is 2. The van der Waals surface area contributed by atoms with Gasteiger partial charge in [0.15, 0.2) is 11.5 Å². The van der Waals surface area contributed by atoms with Gasteiger partial charge in [0.2, 0.25) is 17.6 Å². The van der Waals surface area contributed by atoms with Crippen LogP contribution in [0.3, 0.4) is 0 Å². The number of imidazole rings is 1. The molecule has 2 saturated heterocycles. The number of hydrogen-bond acceptors (Lipinski definition) is 8. The van der Waals surface area contributed by atoms with E-state index in [-0.39, 0.29) is 11.7 Å². The van der Waals surface area contributed by atoms with Crippen LogP contribution in [0.15, 0.2) is 83.7 Å². The molecule has 7 rings (SSSR count). The fourth-order valence-electron chi connectivity index (χ4n) is 8.00. The Labute approximate surface area is 304 Å². The van der Waals surface area contributed by atoms with Crippen molar-refractivity contribution in [1.82, 2.24) is 19.4 Å². The molecule has 1 N–H and O–H groups in total. The van der Waals surface area contributed by atoms with Crippen molar-refractivity contribution >= 4 is 22.9 Å². The van der Waals surface area contributed by atoms with Gasteiger partial charge in [-0.2, -0.15) is 0 Å². The Kier molecular flexibility index (Phi) is 10.7. The molecule has 0 bridgehead atoms. The summed E-state index contributed by atoms with van der Waals surface area (Å²) in [5.41, 5.74) is 4.52. The third kappa shape index (κ3) is 7.60. The number of carbonyl (C=O) groups excluding carboxylic acids is 1. The molecule has 2 aromatic heterocycles. The van der Waals surface area contributed by atoms with Crippen LogP contribution in [0, 0.1) is 11.2 Å². The van der Waals surface area contributed by atoms with Gasteiger partial charge in [-0.25, -0.2) is 9.37 Å². The Bertz CT molecular complexity index is 1930. The Morgan fingerprint density at radius 1 is 0.904 bits per heavy atom. The number of nitrogens with zero attached hydrogens (tertiary/aromatic N) is 4. The van der Waals surface area contributed by atoms with E-state index in [1.165, 1.54) is 12.1 Å². The number of nitrogens with one attached hydrogen (secondary N) is 1. The molecule has 2 aliphatic heterocycles. The van der Waals surface area contributed by atoms with Gasteiger partial charge in [0.25, 0.3) is 0 Å². The second-order valence-electron chi connectivity index (χ2n) is 14.1. The van der Waals surface area contributed by atoms with Crippen molar-refractivity contribution in [1.29, 1.82) is 0 Å². The molecule has 2 fully saturated rings. The third-order valence-corrected chi connectivity index (χ3v) is 10.8. The third-order valence-electron chi connectivity index (χ3n) is 10.8. The SMILES string of the molecule is COc1cc(CN2CCC(CCCN3CCC(Nc4nc5ccccc5n4Cc4ccoc4)CC3)(Cc3ccc(F)cc3)C2=O)cc(OC)c1OC. The van der Waals surface area contributed by atoms with E-state index in [2.05, 4.69) is 26.9 Å². The molecule has 0 saturated carbocycles. The van der Waals surface area contributed by atoms with Crippen LogP contribution in [0.5, 0.6) is 17.2 Å². The van der Waals surface area contributed by atoms with Crippen molar-refractivity contribution in [3.8, 4) is 17.2 Å². The lowest BCUT2D eigenvalue weighted by Gasteiger charge is -2.34. The summed E-state index contributed by atoms with van der Waals surface area (Å²) in [4.78, 5) is 23.8. The predicted octanol–water partition coefficient (Wildman–Crippen LogP) is 7.16. The Morgan fingerprint density at radius 3 is 2.35 bits per heavy atom. The Morgan fingerprint density at radius 2 is 1.65 bits per heavy atom. The minimum atomic E-state index is -0.549. The lowest BCUT2D eigenvalue weighted by atomic mass is 9.76. The number of para-hydroxylation sites is 2. The van der Waals surface area contributed by atoms with Gasteiger partial charge < -0.3 is 38.3 Å². The van der Waals surface area contributed by atoms with Crippen LogP contribution in [0.25, 0.3) is 11.0 Å². The lowest BCUT2D eigenvalue weighted by molar-refractivity contribution is -0.137. The zero-order valence-corrected chi connectivity index (χ0v) is 30.3. The number of rotatable bonds is 15. The number of likely N-dealkylation sites (tertiary alicyclic amines) is 2. The van der Waals surface area contributed by atoms with Crippen molar-refractivity contribution in [2.24, 2.45) is 5.41 Å². The minimum Gasteiger partial charge on any atom is -0.493 e. The molecule has 2 aliphatic rings. The molecule has 3 aromatic carbocycles. The largest absolute Gasteiger partial charge is 0.493 e. The van der Waals surface area contributed by atoms with Gasteiger partial charge in [-0.15, -0.1) is 0 Å². The number of furan rings is 1. The van der Waals surface area contributed by atoms with Crippen molar-refractivity contribution in [2.45, 2.75) is 57.7 Å². The van der Waals surface area contributed by atoms with Crippen molar-refractivity contribution in [3.05, 3.63) is 102 Å². The number of piperidine rings is 1. The fraction of sp³-hybridized carbons (Fsp3) is 0.415. The molecule has 5 aromatic rings. The van der Waals surface area contributed by atoms with Gasteiger partial charge >= 0.3 is 0 Å². The molecule has 11 heteroatoms. The summed E-state index contributed by atoms with van der Waals surface area (Å²) in [6, 6.07) is 21.0. The molecule has 274 valence electrons. The molecule has 52 heavy (non-hydrogen) atoms. The number of methoxy groups -OCH3 is 3. The zero-order chi connectivity index (χ0) is 36.1. The number of anilines is 1. The first-order valence-electron chi connectivity index (χ1n) is 18.2. The highest BCUT2D eigenvalue weighted by molar-refractivity contribution is 5.85. The summed E-state index contributed by atoms with van der Waals surface area (Å²) in [5.74, 6) is 2.41. The second kappa shape index (κ2) is 15.7.